The molecule has 3 aromatic rings. The summed E-state index contributed by atoms with van der Waals surface area (Å²) >= 11 is 0. The molecule has 0 radical (unpaired) electrons. The van der Waals surface area contributed by atoms with Crippen molar-refractivity contribution in [3.8, 4) is 11.7 Å². The Balaban J connectivity index is 1.28. The maximum Gasteiger partial charge on any atom is 0.296 e. The summed E-state index contributed by atoms with van der Waals surface area (Å²) in [5.41, 5.74) is 0.961. The monoisotopic (exact) mass is 542 g/mol. The quantitative estimate of drug-likeness (QED) is 0.507. The molecule has 0 spiro atoms. The second-order valence-electron chi connectivity index (χ2n) is 10.4. The number of hydrogen-bond donors (Lipinski definition) is 1. The van der Waals surface area contributed by atoms with Crippen LogP contribution in [0.15, 0.2) is 30.3 Å². The molecule has 2 aliphatic heterocycles. The smallest absolute Gasteiger partial charge is 0.296 e. The number of halogens is 2. The number of morpholine rings is 1. The predicted octanol–water partition coefficient (Wildman–Crippen LogP) is 3.12. The van der Waals surface area contributed by atoms with E-state index >= 15 is 0 Å². The summed E-state index contributed by atoms with van der Waals surface area (Å²) in [6.07, 6.45) is -0.0459. The van der Waals surface area contributed by atoms with Crippen molar-refractivity contribution in [1.82, 2.24) is 24.4 Å². The Bertz CT molecular complexity index is 1320. The van der Waals surface area contributed by atoms with E-state index in [9.17, 15) is 18.7 Å². The molecule has 39 heavy (non-hydrogen) atoms. The number of amides is 1. The van der Waals surface area contributed by atoms with Gasteiger partial charge in [-0.25, -0.2) is 13.8 Å². The SMILES string of the molecule is O=C(C1CCC(O)CC1)N1CC[C@H](Oc2cc(-n3c(C(F)F)nc4ccccc43)nc(N3CCOCC3)n2)C1. The van der Waals surface area contributed by atoms with Gasteiger partial charge >= 0.3 is 0 Å². The summed E-state index contributed by atoms with van der Waals surface area (Å²) in [6, 6.07) is 8.52. The van der Waals surface area contributed by atoms with E-state index in [4.69, 9.17) is 9.47 Å². The first-order valence-corrected chi connectivity index (χ1v) is 13.6. The number of carbonyl (C=O) groups is 1. The van der Waals surface area contributed by atoms with Crippen molar-refractivity contribution in [2.24, 2.45) is 5.92 Å². The number of para-hydroxylation sites is 2. The van der Waals surface area contributed by atoms with Gasteiger partial charge in [0.2, 0.25) is 17.7 Å². The number of imidazole rings is 1. The lowest BCUT2D eigenvalue weighted by atomic mass is 9.86. The second kappa shape index (κ2) is 11.0. The van der Waals surface area contributed by atoms with Crippen LogP contribution < -0.4 is 9.64 Å². The topological polar surface area (TPSA) is 106 Å². The van der Waals surface area contributed by atoms with Gasteiger partial charge in [0.1, 0.15) is 11.9 Å². The first-order chi connectivity index (χ1) is 19.0. The molecule has 208 valence electrons. The molecule has 1 atom stereocenters. The van der Waals surface area contributed by atoms with Crippen molar-refractivity contribution in [2.45, 2.75) is 50.7 Å². The van der Waals surface area contributed by atoms with Crippen LogP contribution in [0, 0.1) is 5.92 Å². The third-order valence-electron chi connectivity index (χ3n) is 7.77. The summed E-state index contributed by atoms with van der Waals surface area (Å²) < 4.78 is 41.3. The van der Waals surface area contributed by atoms with Crippen LogP contribution in [-0.2, 0) is 9.53 Å². The molecule has 1 aliphatic carbocycles. The molecule has 6 rings (SSSR count). The minimum atomic E-state index is -2.81. The zero-order valence-corrected chi connectivity index (χ0v) is 21.6. The summed E-state index contributed by atoms with van der Waals surface area (Å²) in [7, 11) is 0. The summed E-state index contributed by atoms with van der Waals surface area (Å²) in [6.45, 7) is 3.17. The number of rotatable bonds is 6. The summed E-state index contributed by atoms with van der Waals surface area (Å²) in [4.78, 5) is 30.3. The van der Waals surface area contributed by atoms with Gasteiger partial charge in [-0.05, 0) is 37.8 Å². The molecule has 2 aromatic heterocycles. The van der Waals surface area contributed by atoms with Crippen molar-refractivity contribution in [3.63, 3.8) is 0 Å². The van der Waals surface area contributed by atoms with E-state index in [1.165, 1.54) is 4.57 Å². The number of aliphatic hydroxyl groups is 1. The maximum absolute atomic E-state index is 14.1. The van der Waals surface area contributed by atoms with Gasteiger partial charge in [-0.15, -0.1) is 0 Å². The largest absolute Gasteiger partial charge is 0.472 e. The zero-order chi connectivity index (χ0) is 26.9. The predicted molar refractivity (Wildman–Crippen MR) is 138 cm³/mol. The van der Waals surface area contributed by atoms with E-state index in [0.717, 1.165) is 0 Å². The molecular formula is C27H32F2N6O4. The first-order valence-electron chi connectivity index (χ1n) is 13.6. The van der Waals surface area contributed by atoms with Crippen molar-refractivity contribution >= 4 is 22.9 Å². The molecule has 0 bridgehead atoms. The second-order valence-corrected chi connectivity index (χ2v) is 10.4. The van der Waals surface area contributed by atoms with Gasteiger partial charge in [-0.3, -0.25) is 9.36 Å². The molecule has 0 unspecified atom stereocenters. The van der Waals surface area contributed by atoms with E-state index in [1.54, 1.807) is 30.3 Å². The summed E-state index contributed by atoms with van der Waals surface area (Å²) in [5.74, 6) is 0.529. The average Bonchev–Trinajstić information content (AvgIpc) is 3.58. The lowest BCUT2D eigenvalue weighted by Crippen LogP contribution is -2.38. The molecule has 1 aromatic carbocycles. The average molecular weight is 543 g/mol. The number of likely N-dealkylation sites (tertiary alicyclic amines) is 1. The number of nitrogens with zero attached hydrogens (tertiary/aromatic N) is 6. The highest BCUT2D eigenvalue weighted by Gasteiger charge is 2.34. The zero-order valence-electron chi connectivity index (χ0n) is 21.6. The van der Waals surface area contributed by atoms with Crippen LogP contribution in [-0.4, -0.2) is 87.0 Å². The molecule has 2 saturated heterocycles. The number of alkyl halides is 2. The number of carbonyl (C=O) groups excluding carboxylic acids is 1. The van der Waals surface area contributed by atoms with Crippen LogP contribution in [0.3, 0.4) is 0 Å². The van der Waals surface area contributed by atoms with Crippen molar-refractivity contribution in [2.75, 3.05) is 44.3 Å². The van der Waals surface area contributed by atoms with Gasteiger partial charge < -0.3 is 24.4 Å². The Kier molecular flexibility index (Phi) is 7.30. The highest BCUT2D eigenvalue weighted by molar-refractivity contribution is 5.79. The maximum atomic E-state index is 14.1. The first kappa shape index (κ1) is 25.9. The molecule has 3 fully saturated rings. The van der Waals surface area contributed by atoms with Crippen LogP contribution in [0.1, 0.15) is 44.4 Å². The standard InChI is InChI=1S/C27H32F2N6O4/c28-24(29)25-30-20-3-1-2-4-21(20)35(25)22-15-23(32-27(31-22)33-11-13-38-14-12-33)39-19-9-10-34(16-19)26(37)17-5-7-18(36)8-6-17/h1-4,15,17-19,24,36H,5-14,16H2/t17?,18?,19-/m0/s1. The van der Waals surface area contributed by atoms with E-state index in [-0.39, 0.29) is 35.7 Å². The minimum absolute atomic E-state index is 0.0620. The minimum Gasteiger partial charge on any atom is -0.472 e. The fraction of sp³-hybridized carbons (Fsp3) is 0.556. The van der Waals surface area contributed by atoms with Gasteiger partial charge in [0, 0.05) is 38.0 Å². The lowest BCUT2D eigenvalue weighted by Gasteiger charge is -2.28. The molecule has 4 heterocycles. The Morgan fingerprint density at radius 3 is 2.56 bits per heavy atom. The lowest BCUT2D eigenvalue weighted by molar-refractivity contribution is -0.136. The van der Waals surface area contributed by atoms with Crippen molar-refractivity contribution in [3.05, 3.63) is 36.2 Å². The van der Waals surface area contributed by atoms with Gasteiger partial charge in [0.25, 0.3) is 6.43 Å². The van der Waals surface area contributed by atoms with Crippen LogP contribution >= 0.6 is 0 Å². The normalized spacial score (nSPS) is 24.1. The van der Waals surface area contributed by atoms with Gasteiger partial charge in [-0.1, -0.05) is 12.1 Å². The number of hydrogen-bond acceptors (Lipinski definition) is 8. The highest BCUT2D eigenvalue weighted by Crippen LogP contribution is 2.31. The molecule has 1 saturated carbocycles. The molecule has 10 nitrogen and oxygen atoms in total. The third kappa shape index (κ3) is 5.40. The Labute approximate surface area is 224 Å². The third-order valence-corrected chi connectivity index (χ3v) is 7.77. The van der Waals surface area contributed by atoms with Crippen molar-refractivity contribution < 1.29 is 28.2 Å². The fourth-order valence-corrected chi connectivity index (χ4v) is 5.69. The number of aliphatic hydroxyl groups excluding tert-OH is 1. The molecule has 12 heteroatoms. The van der Waals surface area contributed by atoms with E-state index in [0.29, 0.717) is 88.5 Å². The van der Waals surface area contributed by atoms with Gasteiger partial charge in [0.05, 0.1) is 36.9 Å². The number of aromatic nitrogens is 4. The Morgan fingerprint density at radius 2 is 1.79 bits per heavy atom. The van der Waals surface area contributed by atoms with E-state index < -0.39 is 12.2 Å². The Morgan fingerprint density at radius 1 is 1.03 bits per heavy atom. The van der Waals surface area contributed by atoms with Crippen LogP contribution in [0.2, 0.25) is 0 Å². The van der Waals surface area contributed by atoms with Crippen LogP contribution in [0.5, 0.6) is 5.88 Å². The number of anilines is 1. The van der Waals surface area contributed by atoms with Crippen LogP contribution in [0.4, 0.5) is 14.7 Å². The van der Waals surface area contributed by atoms with E-state index in [2.05, 4.69) is 15.0 Å². The highest BCUT2D eigenvalue weighted by atomic mass is 19.3. The van der Waals surface area contributed by atoms with E-state index in [1.807, 2.05) is 9.80 Å². The molecule has 1 amide bonds. The molecule has 3 aliphatic rings. The number of ether oxygens (including phenoxy) is 2. The Hall–Kier alpha value is -3.38. The van der Waals surface area contributed by atoms with Gasteiger partial charge in [0.15, 0.2) is 5.82 Å². The van der Waals surface area contributed by atoms with Crippen molar-refractivity contribution in [1.29, 1.82) is 0 Å². The van der Waals surface area contributed by atoms with Crippen LogP contribution in [0.25, 0.3) is 16.9 Å². The fourth-order valence-electron chi connectivity index (χ4n) is 5.69. The number of benzene rings is 1. The van der Waals surface area contributed by atoms with Gasteiger partial charge in [-0.2, -0.15) is 9.97 Å². The molecule has 1 N–H and O–H groups in total. The molecular weight excluding hydrogens is 510 g/mol. The summed E-state index contributed by atoms with van der Waals surface area (Å²) in [5, 5.41) is 9.78. The number of fused-ring (bicyclic) bond motifs is 1.